The molecule has 2 fully saturated rings. The second kappa shape index (κ2) is 10.1. The van der Waals surface area contributed by atoms with Crippen molar-refractivity contribution >= 4 is 24.2 Å². The normalized spacial score (nSPS) is 27.4. The van der Waals surface area contributed by atoms with Crippen LogP contribution in [0, 0.1) is 5.92 Å². The van der Waals surface area contributed by atoms with Crippen molar-refractivity contribution in [3.8, 4) is 0 Å². The topological polar surface area (TPSA) is 84.7 Å². The second-order valence-electron chi connectivity index (χ2n) is 6.41. The largest absolute Gasteiger partial charge is 0.364 e. The molecule has 3 N–H and O–H groups in total. The summed E-state index contributed by atoms with van der Waals surface area (Å²) >= 11 is 0. The number of carbonyl (C=O) groups excluding carboxylic acids is 2. The van der Waals surface area contributed by atoms with Gasteiger partial charge in [-0.05, 0) is 38.0 Å². The van der Waals surface area contributed by atoms with Crippen LogP contribution in [0.4, 0.5) is 0 Å². The molecule has 0 aliphatic carbocycles. The van der Waals surface area contributed by atoms with Crippen LogP contribution >= 0.6 is 12.4 Å². The van der Waals surface area contributed by atoms with Gasteiger partial charge in [0.1, 0.15) is 6.10 Å². The zero-order valence-electron chi connectivity index (χ0n) is 14.0. The van der Waals surface area contributed by atoms with Crippen LogP contribution in [0.25, 0.3) is 0 Å². The number of carbonyl (C=O) groups is 2. The van der Waals surface area contributed by atoms with Gasteiger partial charge < -0.3 is 20.7 Å². The molecule has 0 aromatic rings. The van der Waals surface area contributed by atoms with E-state index in [2.05, 4.69) is 5.32 Å². The minimum absolute atomic E-state index is 0. The van der Waals surface area contributed by atoms with Gasteiger partial charge in [-0.25, -0.2) is 0 Å². The number of hydrogen-bond donors (Lipinski definition) is 2. The summed E-state index contributed by atoms with van der Waals surface area (Å²) in [5.41, 5.74) is 5.60. The Morgan fingerprint density at radius 2 is 2.09 bits per heavy atom. The summed E-state index contributed by atoms with van der Waals surface area (Å²) in [7, 11) is 0. The Bertz CT molecular complexity index is 395. The van der Waals surface area contributed by atoms with Crippen LogP contribution in [0.2, 0.25) is 0 Å². The number of piperidine rings is 1. The third-order valence-electron chi connectivity index (χ3n) is 4.54. The van der Waals surface area contributed by atoms with Gasteiger partial charge in [-0.3, -0.25) is 9.59 Å². The van der Waals surface area contributed by atoms with Crippen molar-refractivity contribution in [3.63, 3.8) is 0 Å². The molecule has 2 heterocycles. The summed E-state index contributed by atoms with van der Waals surface area (Å²) in [4.78, 5) is 26.0. The van der Waals surface area contributed by atoms with Gasteiger partial charge in [0, 0.05) is 32.6 Å². The predicted octanol–water partition coefficient (Wildman–Crippen LogP) is 1.07. The van der Waals surface area contributed by atoms with E-state index >= 15 is 0 Å². The van der Waals surface area contributed by atoms with Crippen molar-refractivity contribution < 1.29 is 14.3 Å². The first-order valence-corrected chi connectivity index (χ1v) is 8.55. The predicted molar refractivity (Wildman–Crippen MR) is 91.4 cm³/mol. The second-order valence-corrected chi connectivity index (χ2v) is 6.41. The minimum Gasteiger partial charge on any atom is -0.364 e. The summed E-state index contributed by atoms with van der Waals surface area (Å²) in [6, 6.07) is 0. The van der Waals surface area contributed by atoms with Crippen LogP contribution < -0.4 is 11.1 Å². The minimum atomic E-state index is -0.318. The van der Waals surface area contributed by atoms with Crippen LogP contribution in [-0.2, 0) is 14.3 Å². The Balaban J connectivity index is 0.00000264. The fourth-order valence-electron chi connectivity index (χ4n) is 3.27. The Kier molecular flexibility index (Phi) is 8.87. The van der Waals surface area contributed by atoms with E-state index in [9.17, 15) is 9.59 Å². The number of rotatable bonds is 6. The third-order valence-corrected chi connectivity index (χ3v) is 4.54. The number of amides is 2. The number of likely N-dealkylation sites (tertiary alicyclic amines) is 1. The average molecular weight is 348 g/mol. The molecule has 7 heteroatoms. The molecule has 6 nitrogen and oxygen atoms in total. The third kappa shape index (κ3) is 5.94. The Morgan fingerprint density at radius 1 is 1.30 bits per heavy atom. The first-order valence-electron chi connectivity index (χ1n) is 8.55. The molecule has 2 amide bonds. The monoisotopic (exact) mass is 347 g/mol. The fourth-order valence-corrected chi connectivity index (χ4v) is 3.27. The maximum atomic E-state index is 12.5. The summed E-state index contributed by atoms with van der Waals surface area (Å²) in [6.07, 6.45) is 4.85. The van der Waals surface area contributed by atoms with Crippen LogP contribution in [-0.4, -0.2) is 55.1 Å². The van der Waals surface area contributed by atoms with E-state index in [1.165, 1.54) is 0 Å². The number of hydrogen-bond acceptors (Lipinski definition) is 4. The molecule has 2 aliphatic heterocycles. The molecule has 3 atom stereocenters. The highest BCUT2D eigenvalue weighted by molar-refractivity contribution is 5.85. The smallest absolute Gasteiger partial charge is 0.251 e. The summed E-state index contributed by atoms with van der Waals surface area (Å²) in [5, 5.41) is 2.97. The Labute approximate surface area is 144 Å². The summed E-state index contributed by atoms with van der Waals surface area (Å²) in [6.45, 7) is 4.66. The van der Waals surface area contributed by atoms with Crippen molar-refractivity contribution in [1.82, 2.24) is 10.2 Å². The number of nitrogens with one attached hydrogen (secondary N) is 1. The van der Waals surface area contributed by atoms with E-state index in [-0.39, 0.29) is 36.4 Å². The van der Waals surface area contributed by atoms with Crippen molar-refractivity contribution in [1.29, 1.82) is 0 Å². The summed E-state index contributed by atoms with van der Waals surface area (Å²) in [5.74, 6) is 0.557. The Morgan fingerprint density at radius 3 is 2.74 bits per heavy atom. The highest BCUT2D eigenvalue weighted by Crippen LogP contribution is 2.23. The molecule has 134 valence electrons. The first kappa shape index (κ1) is 20.2. The van der Waals surface area contributed by atoms with Crippen LogP contribution in [0.15, 0.2) is 0 Å². The molecule has 2 saturated heterocycles. The average Bonchev–Trinajstić information content (AvgIpc) is 3.02. The van der Waals surface area contributed by atoms with Gasteiger partial charge in [-0.1, -0.05) is 6.92 Å². The van der Waals surface area contributed by atoms with Gasteiger partial charge in [0.05, 0.1) is 6.10 Å². The van der Waals surface area contributed by atoms with E-state index < -0.39 is 0 Å². The number of ether oxygens (including phenoxy) is 1. The van der Waals surface area contributed by atoms with Gasteiger partial charge in [0.2, 0.25) is 5.91 Å². The zero-order chi connectivity index (χ0) is 15.9. The lowest BCUT2D eigenvalue weighted by molar-refractivity contribution is -0.144. The number of nitrogens with zero attached hydrogens (tertiary/aromatic N) is 1. The highest BCUT2D eigenvalue weighted by atomic mass is 35.5. The standard InChI is InChI=1S/C16H29N3O3.ClH/c1-2-4-15(20)18-10-12-5-3-8-19(11-12)16(21)14-7-6-13(9-17)22-14;/h12-14H,2-11,17H2,1H3,(H,18,20);1H/t12?,13-,14+;/m1./s1. The first-order chi connectivity index (χ1) is 10.6. The van der Waals surface area contributed by atoms with Crippen molar-refractivity contribution in [2.24, 2.45) is 11.7 Å². The van der Waals surface area contributed by atoms with Crippen molar-refractivity contribution in [3.05, 3.63) is 0 Å². The van der Waals surface area contributed by atoms with Crippen molar-refractivity contribution in [2.45, 2.75) is 57.7 Å². The van der Waals surface area contributed by atoms with E-state index in [1.807, 2.05) is 11.8 Å². The van der Waals surface area contributed by atoms with Gasteiger partial charge >= 0.3 is 0 Å². The molecule has 2 rings (SSSR count). The van der Waals surface area contributed by atoms with E-state index in [1.54, 1.807) is 0 Å². The van der Waals surface area contributed by atoms with Crippen LogP contribution in [0.5, 0.6) is 0 Å². The van der Waals surface area contributed by atoms with Gasteiger partial charge in [0.15, 0.2) is 0 Å². The quantitative estimate of drug-likeness (QED) is 0.752. The zero-order valence-corrected chi connectivity index (χ0v) is 14.8. The maximum Gasteiger partial charge on any atom is 0.251 e. The van der Waals surface area contributed by atoms with Gasteiger partial charge in [0.25, 0.3) is 5.91 Å². The van der Waals surface area contributed by atoms with Gasteiger partial charge in [-0.2, -0.15) is 0 Å². The van der Waals surface area contributed by atoms with Crippen LogP contribution in [0.3, 0.4) is 0 Å². The molecular weight excluding hydrogens is 318 g/mol. The lowest BCUT2D eigenvalue weighted by Crippen LogP contribution is -2.47. The van der Waals surface area contributed by atoms with E-state index in [0.29, 0.717) is 25.4 Å². The molecule has 0 aromatic carbocycles. The lowest BCUT2D eigenvalue weighted by atomic mass is 9.97. The molecular formula is C16H30ClN3O3. The van der Waals surface area contributed by atoms with E-state index in [0.717, 1.165) is 45.2 Å². The molecule has 0 bridgehead atoms. The molecule has 2 aliphatic rings. The van der Waals surface area contributed by atoms with Gasteiger partial charge in [-0.15, -0.1) is 12.4 Å². The SMILES string of the molecule is CCCC(=O)NCC1CCCN(C(=O)[C@@H]2CC[C@H](CN)O2)C1.Cl. The fraction of sp³-hybridized carbons (Fsp3) is 0.875. The molecule has 1 unspecified atom stereocenters. The van der Waals surface area contributed by atoms with Crippen LogP contribution in [0.1, 0.15) is 45.4 Å². The molecule has 0 saturated carbocycles. The molecule has 0 spiro atoms. The molecule has 23 heavy (non-hydrogen) atoms. The molecule has 0 radical (unpaired) electrons. The summed E-state index contributed by atoms with van der Waals surface area (Å²) < 4.78 is 5.71. The lowest BCUT2D eigenvalue weighted by Gasteiger charge is -2.34. The maximum absolute atomic E-state index is 12.5. The Hall–Kier alpha value is -0.850. The number of nitrogens with two attached hydrogens (primary N) is 1. The highest BCUT2D eigenvalue weighted by Gasteiger charge is 2.34. The van der Waals surface area contributed by atoms with Crippen molar-refractivity contribution in [2.75, 3.05) is 26.2 Å². The number of halogens is 1. The van der Waals surface area contributed by atoms with E-state index in [4.69, 9.17) is 10.5 Å². The molecule has 0 aromatic heterocycles.